The summed E-state index contributed by atoms with van der Waals surface area (Å²) in [7, 11) is 0. The second kappa shape index (κ2) is 6.70. The number of nitrogens with zero attached hydrogens (tertiary/aromatic N) is 1. The number of hydrogen-bond donors (Lipinski definition) is 1. The van der Waals surface area contributed by atoms with Crippen LogP contribution in [0, 0.1) is 0 Å². The molecule has 0 spiro atoms. The van der Waals surface area contributed by atoms with Crippen molar-refractivity contribution < 1.29 is 14.3 Å². The molecule has 1 aromatic heterocycles. The quantitative estimate of drug-likeness (QED) is 0.879. The molecule has 2 aromatic rings. The monoisotopic (exact) mass is 316 g/mol. The topological polar surface area (TPSA) is 60.5 Å². The van der Waals surface area contributed by atoms with Crippen molar-refractivity contribution >= 4 is 23.4 Å². The van der Waals surface area contributed by atoms with Crippen LogP contribution in [0.5, 0.6) is 11.5 Å². The molecule has 114 valence electrons. The van der Waals surface area contributed by atoms with E-state index in [1.165, 1.54) is 11.8 Å². The molecule has 0 radical (unpaired) electrons. The summed E-state index contributed by atoms with van der Waals surface area (Å²) in [6.07, 6.45) is 1.72. The lowest BCUT2D eigenvalue weighted by molar-refractivity contribution is -0.115. The fraction of sp³-hybridized carbons (Fsp3) is 0.250. The van der Waals surface area contributed by atoms with Crippen LogP contribution >= 0.6 is 11.8 Å². The maximum absolute atomic E-state index is 12.3. The largest absolute Gasteiger partial charge is 0.486 e. The lowest BCUT2D eigenvalue weighted by atomic mass is 10.2. The molecule has 0 bridgehead atoms. The van der Waals surface area contributed by atoms with Crippen LogP contribution in [-0.2, 0) is 4.79 Å². The van der Waals surface area contributed by atoms with Gasteiger partial charge in [-0.25, -0.2) is 4.98 Å². The fourth-order valence-corrected chi connectivity index (χ4v) is 2.82. The van der Waals surface area contributed by atoms with Gasteiger partial charge in [-0.05, 0) is 31.2 Å². The maximum atomic E-state index is 12.3. The Kier molecular flexibility index (Phi) is 4.48. The number of fused-ring (bicyclic) bond motifs is 1. The van der Waals surface area contributed by atoms with Gasteiger partial charge >= 0.3 is 0 Å². The first kappa shape index (κ1) is 14.7. The Hall–Kier alpha value is -2.21. The average Bonchev–Trinajstić information content (AvgIpc) is 2.55. The molecule has 22 heavy (non-hydrogen) atoms. The first-order valence-corrected chi connectivity index (χ1v) is 7.88. The number of nitrogens with one attached hydrogen (secondary N) is 1. The van der Waals surface area contributed by atoms with Crippen LogP contribution in [0.4, 0.5) is 5.69 Å². The Balaban J connectivity index is 1.63. The van der Waals surface area contributed by atoms with Crippen LogP contribution in [0.25, 0.3) is 0 Å². The zero-order valence-corrected chi connectivity index (χ0v) is 12.9. The molecule has 0 saturated carbocycles. The summed E-state index contributed by atoms with van der Waals surface area (Å²) in [5.74, 6) is 1.29. The van der Waals surface area contributed by atoms with Crippen LogP contribution in [0.1, 0.15) is 6.92 Å². The predicted octanol–water partition coefficient (Wildman–Crippen LogP) is 2.97. The number of benzene rings is 1. The van der Waals surface area contributed by atoms with Gasteiger partial charge in [-0.15, -0.1) is 0 Å². The summed E-state index contributed by atoms with van der Waals surface area (Å²) in [4.78, 5) is 16.5. The summed E-state index contributed by atoms with van der Waals surface area (Å²) in [6, 6.07) is 11.0. The normalized spacial score (nSPS) is 14.2. The van der Waals surface area contributed by atoms with E-state index in [4.69, 9.17) is 9.47 Å². The second-order valence-corrected chi connectivity index (χ2v) is 6.14. The van der Waals surface area contributed by atoms with Crippen molar-refractivity contribution in [3.8, 4) is 11.5 Å². The van der Waals surface area contributed by atoms with E-state index < -0.39 is 0 Å². The number of hydrogen-bond acceptors (Lipinski definition) is 5. The summed E-state index contributed by atoms with van der Waals surface area (Å²) in [5, 5.41) is 3.47. The molecule has 2 heterocycles. The minimum absolute atomic E-state index is 0.0765. The maximum Gasteiger partial charge on any atom is 0.237 e. The number of aromatic nitrogens is 1. The summed E-state index contributed by atoms with van der Waals surface area (Å²) in [5.41, 5.74) is 0.697. The number of amides is 1. The predicted molar refractivity (Wildman–Crippen MR) is 85.6 cm³/mol. The van der Waals surface area contributed by atoms with E-state index in [-0.39, 0.29) is 11.2 Å². The Morgan fingerprint density at radius 2 is 2.05 bits per heavy atom. The highest BCUT2D eigenvalue weighted by Crippen LogP contribution is 2.33. The van der Waals surface area contributed by atoms with Crippen LogP contribution in [-0.4, -0.2) is 29.4 Å². The molecule has 1 atom stereocenters. The van der Waals surface area contributed by atoms with E-state index in [1.807, 2.05) is 31.2 Å². The van der Waals surface area contributed by atoms with Gasteiger partial charge in [-0.1, -0.05) is 17.8 Å². The van der Waals surface area contributed by atoms with Crippen molar-refractivity contribution in [3.05, 3.63) is 42.6 Å². The zero-order valence-electron chi connectivity index (χ0n) is 12.1. The number of anilines is 1. The molecule has 0 aliphatic carbocycles. The molecule has 0 unspecified atom stereocenters. The first-order chi connectivity index (χ1) is 10.7. The van der Waals surface area contributed by atoms with Crippen molar-refractivity contribution in [2.24, 2.45) is 0 Å². The summed E-state index contributed by atoms with van der Waals surface area (Å²) < 4.78 is 11.0. The van der Waals surface area contributed by atoms with Gasteiger partial charge in [0.1, 0.15) is 13.2 Å². The third-order valence-electron chi connectivity index (χ3n) is 3.11. The van der Waals surface area contributed by atoms with Crippen molar-refractivity contribution in [1.82, 2.24) is 4.98 Å². The minimum Gasteiger partial charge on any atom is -0.486 e. The Labute approximate surface area is 133 Å². The lowest BCUT2D eigenvalue weighted by Gasteiger charge is -2.19. The number of pyridine rings is 1. The van der Waals surface area contributed by atoms with E-state index in [0.29, 0.717) is 30.4 Å². The molecule has 1 aromatic carbocycles. The Morgan fingerprint density at radius 1 is 1.23 bits per heavy atom. The van der Waals surface area contributed by atoms with Crippen LogP contribution in [0.3, 0.4) is 0 Å². The third-order valence-corrected chi connectivity index (χ3v) is 4.16. The molecule has 3 rings (SSSR count). The van der Waals surface area contributed by atoms with Gasteiger partial charge in [-0.2, -0.15) is 0 Å². The SMILES string of the molecule is C[C@H](Sc1ccccn1)C(=O)Nc1ccc2c(c1)OCCO2. The molecule has 1 N–H and O–H groups in total. The number of carbonyl (C=O) groups is 1. The van der Waals surface area contributed by atoms with Crippen LogP contribution in [0.2, 0.25) is 0 Å². The molecule has 1 amide bonds. The molecule has 1 aliphatic rings. The van der Waals surface area contributed by atoms with Crippen LogP contribution in [0.15, 0.2) is 47.6 Å². The zero-order chi connectivity index (χ0) is 15.4. The molecular weight excluding hydrogens is 300 g/mol. The standard InChI is InChI=1S/C16H16N2O3S/c1-11(22-15-4-2-3-7-17-15)16(19)18-12-5-6-13-14(10-12)21-9-8-20-13/h2-7,10-11H,8-9H2,1H3,(H,18,19)/t11-/m0/s1. The third kappa shape index (κ3) is 3.51. The number of carbonyl (C=O) groups excluding carboxylic acids is 1. The molecular formula is C16H16N2O3S. The van der Waals surface area contributed by atoms with Gasteiger partial charge < -0.3 is 14.8 Å². The molecule has 0 saturated heterocycles. The number of thioether (sulfide) groups is 1. The van der Waals surface area contributed by atoms with E-state index in [1.54, 1.807) is 18.3 Å². The minimum atomic E-state index is -0.247. The van der Waals surface area contributed by atoms with E-state index in [0.717, 1.165) is 5.03 Å². The van der Waals surface area contributed by atoms with Crippen molar-refractivity contribution in [2.75, 3.05) is 18.5 Å². The Bertz CT molecular complexity index is 664. The van der Waals surface area contributed by atoms with Crippen molar-refractivity contribution in [3.63, 3.8) is 0 Å². The molecule has 1 aliphatic heterocycles. The van der Waals surface area contributed by atoms with E-state index in [9.17, 15) is 4.79 Å². The van der Waals surface area contributed by atoms with E-state index >= 15 is 0 Å². The van der Waals surface area contributed by atoms with Gasteiger partial charge in [-0.3, -0.25) is 4.79 Å². The highest BCUT2D eigenvalue weighted by Gasteiger charge is 2.17. The van der Waals surface area contributed by atoms with Gasteiger partial charge in [0.25, 0.3) is 0 Å². The van der Waals surface area contributed by atoms with Crippen molar-refractivity contribution in [1.29, 1.82) is 0 Å². The van der Waals surface area contributed by atoms with Crippen LogP contribution < -0.4 is 14.8 Å². The van der Waals surface area contributed by atoms with Gasteiger partial charge in [0, 0.05) is 18.0 Å². The highest BCUT2D eigenvalue weighted by atomic mass is 32.2. The fourth-order valence-electron chi connectivity index (χ4n) is 2.02. The lowest BCUT2D eigenvalue weighted by Crippen LogP contribution is -2.22. The average molecular weight is 316 g/mol. The highest BCUT2D eigenvalue weighted by molar-refractivity contribution is 8.00. The van der Waals surface area contributed by atoms with Gasteiger partial charge in [0.15, 0.2) is 11.5 Å². The molecule has 0 fully saturated rings. The first-order valence-electron chi connectivity index (χ1n) is 7.00. The molecule has 5 nitrogen and oxygen atoms in total. The summed E-state index contributed by atoms with van der Waals surface area (Å²) >= 11 is 1.42. The molecule has 6 heteroatoms. The number of ether oxygens (including phenoxy) is 2. The Morgan fingerprint density at radius 3 is 2.82 bits per heavy atom. The van der Waals surface area contributed by atoms with Gasteiger partial charge in [0.05, 0.1) is 10.3 Å². The van der Waals surface area contributed by atoms with Gasteiger partial charge in [0.2, 0.25) is 5.91 Å². The summed E-state index contributed by atoms with van der Waals surface area (Å²) in [6.45, 7) is 2.93. The van der Waals surface area contributed by atoms with Crippen molar-refractivity contribution in [2.45, 2.75) is 17.2 Å². The number of rotatable bonds is 4. The second-order valence-electron chi connectivity index (χ2n) is 4.78. The smallest absolute Gasteiger partial charge is 0.237 e. The van der Waals surface area contributed by atoms with E-state index in [2.05, 4.69) is 10.3 Å².